The van der Waals surface area contributed by atoms with E-state index in [1.54, 1.807) is 25.1 Å². The summed E-state index contributed by atoms with van der Waals surface area (Å²) in [5.74, 6) is -0.355. The Balaban J connectivity index is 2.06. The molecule has 0 radical (unpaired) electrons. The maximum Gasteiger partial charge on any atom is 0.323 e. The Morgan fingerprint density at radius 1 is 1.26 bits per heavy atom. The fourth-order valence-corrected chi connectivity index (χ4v) is 2.91. The quantitative estimate of drug-likeness (QED) is 0.659. The van der Waals surface area contributed by atoms with Crippen LogP contribution in [0.3, 0.4) is 0 Å². The van der Waals surface area contributed by atoms with Gasteiger partial charge in [-0.3, -0.25) is 9.59 Å². The van der Waals surface area contributed by atoms with Gasteiger partial charge in [0.1, 0.15) is 24.1 Å². The van der Waals surface area contributed by atoms with Crippen molar-refractivity contribution in [1.29, 1.82) is 0 Å². The fourth-order valence-electron chi connectivity index (χ4n) is 2.91. The highest BCUT2D eigenvalue weighted by atomic mass is 16.5. The lowest BCUT2D eigenvalue weighted by Gasteiger charge is -2.25. The van der Waals surface area contributed by atoms with Crippen LogP contribution in [-0.2, 0) is 25.6 Å². The van der Waals surface area contributed by atoms with E-state index in [2.05, 4.69) is 0 Å². The highest BCUT2D eigenvalue weighted by Gasteiger charge is 2.25. The minimum absolute atomic E-state index is 0.00387. The van der Waals surface area contributed by atoms with Crippen molar-refractivity contribution in [3.8, 4) is 11.5 Å². The van der Waals surface area contributed by atoms with E-state index in [-0.39, 0.29) is 12.6 Å². The molecule has 1 aliphatic rings. The summed E-state index contributed by atoms with van der Waals surface area (Å²) in [4.78, 5) is 25.2. The van der Waals surface area contributed by atoms with Gasteiger partial charge in [0.25, 0.3) is 5.91 Å². The van der Waals surface area contributed by atoms with Crippen LogP contribution in [0.4, 0.5) is 0 Å². The Morgan fingerprint density at radius 3 is 2.44 bits per heavy atom. The third-order valence-electron chi connectivity index (χ3n) is 4.33. The molecule has 0 saturated carbocycles. The Bertz CT molecular complexity index is 621. The lowest BCUT2D eigenvalue weighted by atomic mass is 10.1. The molecule has 1 saturated heterocycles. The van der Waals surface area contributed by atoms with Crippen LogP contribution < -0.4 is 9.47 Å². The average Bonchev–Trinajstić information content (AvgIpc) is 3.17. The minimum Gasteiger partial charge on any atom is -0.497 e. The topological polar surface area (TPSA) is 94.5 Å². The number of carbonyl (C=O) groups excluding carboxylic acids is 1. The number of aliphatic carboxylic acids is 1. The summed E-state index contributed by atoms with van der Waals surface area (Å²) in [5.41, 5.74) is 0.701. The van der Waals surface area contributed by atoms with Crippen molar-refractivity contribution < 1.29 is 33.6 Å². The monoisotopic (exact) mass is 381 g/mol. The molecule has 0 bridgehead atoms. The van der Waals surface area contributed by atoms with Crippen LogP contribution in [0.2, 0.25) is 0 Å². The molecule has 150 valence electrons. The van der Waals surface area contributed by atoms with Gasteiger partial charge in [-0.05, 0) is 37.5 Å². The van der Waals surface area contributed by atoms with Gasteiger partial charge in [0.05, 0.1) is 26.9 Å². The molecular weight excluding hydrogens is 354 g/mol. The normalized spacial score (nSPS) is 17.4. The number of carbonyl (C=O) groups is 2. The van der Waals surface area contributed by atoms with Gasteiger partial charge in [-0.1, -0.05) is 0 Å². The molecule has 8 heteroatoms. The molecule has 1 heterocycles. The number of benzene rings is 1. The SMILES string of the molecule is COc1cc(CN(CC(=O)O)C(=O)C(C)OCC2CCCO2)cc(OC)c1. The number of ether oxygens (including phenoxy) is 4. The predicted octanol–water partition coefficient (Wildman–Crippen LogP) is 1.70. The van der Waals surface area contributed by atoms with E-state index in [1.807, 2.05) is 0 Å². The molecule has 1 fully saturated rings. The van der Waals surface area contributed by atoms with Crippen molar-refractivity contribution in [2.45, 2.75) is 38.5 Å². The maximum absolute atomic E-state index is 12.7. The second-order valence-corrected chi connectivity index (χ2v) is 6.42. The zero-order valence-corrected chi connectivity index (χ0v) is 16.0. The van der Waals surface area contributed by atoms with E-state index in [1.165, 1.54) is 19.1 Å². The lowest BCUT2D eigenvalue weighted by molar-refractivity contribution is -0.152. The lowest BCUT2D eigenvalue weighted by Crippen LogP contribution is -2.42. The Kier molecular flexibility index (Phi) is 7.87. The first-order valence-corrected chi connectivity index (χ1v) is 8.88. The van der Waals surface area contributed by atoms with E-state index in [4.69, 9.17) is 18.9 Å². The molecule has 1 amide bonds. The Morgan fingerprint density at radius 2 is 1.93 bits per heavy atom. The van der Waals surface area contributed by atoms with Gasteiger partial charge in [0, 0.05) is 19.2 Å². The first-order chi connectivity index (χ1) is 12.9. The second-order valence-electron chi connectivity index (χ2n) is 6.42. The van der Waals surface area contributed by atoms with Crippen LogP contribution in [0.5, 0.6) is 11.5 Å². The largest absolute Gasteiger partial charge is 0.497 e. The minimum atomic E-state index is -1.09. The summed E-state index contributed by atoms with van der Waals surface area (Å²) < 4.78 is 21.6. The van der Waals surface area contributed by atoms with E-state index in [0.717, 1.165) is 12.8 Å². The van der Waals surface area contributed by atoms with E-state index in [0.29, 0.717) is 30.3 Å². The molecule has 1 N–H and O–H groups in total. The third kappa shape index (κ3) is 6.41. The number of carboxylic acids is 1. The van der Waals surface area contributed by atoms with Crippen molar-refractivity contribution in [3.63, 3.8) is 0 Å². The zero-order chi connectivity index (χ0) is 19.8. The van der Waals surface area contributed by atoms with Gasteiger partial charge in [0.2, 0.25) is 0 Å². The van der Waals surface area contributed by atoms with E-state index in [9.17, 15) is 14.7 Å². The van der Waals surface area contributed by atoms with Gasteiger partial charge in [-0.25, -0.2) is 0 Å². The van der Waals surface area contributed by atoms with Gasteiger partial charge < -0.3 is 29.0 Å². The molecule has 27 heavy (non-hydrogen) atoms. The maximum atomic E-state index is 12.7. The summed E-state index contributed by atoms with van der Waals surface area (Å²) in [6.45, 7) is 2.33. The molecule has 0 spiro atoms. The number of hydrogen-bond acceptors (Lipinski definition) is 6. The van der Waals surface area contributed by atoms with Crippen LogP contribution in [0.15, 0.2) is 18.2 Å². The Hall–Kier alpha value is -2.32. The number of methoxy groups -OCH3 is 2. The molecular formula is C19H27NO7. The van der Waals surface area contributed by atoms with Crippen LogP contribution in [0, 0.1) is 0 Å². The first kappa shape index (κ1) is 21.0. The molecule has 1 aliphatic heterocycles. The highest BCUT2D eigenvalue weighted by molar-refractivity contribution is 5.84. The third-order valence-corrected chi connectivity index (χ3v) is 4.33. The molecule has 2 unspecified atom stereocenters. The number of hydrogen-bond donors (Lipinski definition) is 1. The summed E-state index contributed by atoms with van der Waals surface area (Å²) in [7, 11) is 3.06. The van der Waals surface area contributed by atoms with Gasteiger partial charge in [0.15, 0.2) is 0 Å². The zero-order valence-electron chi connectivity index (χ0n) is 16.0. The fraction of sp³-hybridized carbons (Fsp3) is 0.579. The molecule has 2 rings (SSSR count). The van der Waals surface area contributed by atoms with Crippen LogP contribution in [0.25, 0.3) is 0 Å². The van der Waals surface area contributed by atoms with Crippen molar-refractivity contribution in [2.24, 2.45) is 0 Å². The average molecular weight is 381 g/mol. The molecule has 0 aromatic heterocycles. The highest BCUT2D eigenvalue weighted by Crippen LogP contribution is 2.24. The Labute approximate surface area is 159 Å². The van der Waals surface area contributed by atoms with Gasteiger partial charge in [-0.2, -0.15) is 0 Å². The van der Waals surface area contributed by atoms with Crippen molar-refractivity contribution >= 4 is 11.9 Å². The number of amides is 1. The predicted molar refractivity (Wildman–Crippen MR) is 97.0 cm³/mol. The van der Waals surface area contributed by atoms with Gasteiger partial charge in [-0.15, -0.1) is 0 Å². The van der Waals surface area contributed by atoms with Crippen LogP contribution in [-0.4, -0.2) is 68.1 Å². The summed E-state index contributed by atoms with van der Waals surface area (Å²) in [6.07, 6.45) is 1.12. The molecule has 0 aliphatic carbocycles. The molecule has 8 nitrogen and oxygen atoms in total. The first-order valence-electron chi connectivity index (χ1n) is 8.88. The number of rotatable bonds is 10. The van der Waals surface area contributed by atoms with Crippen molar-refractivity contribution in [2.75, 3.05) is 34.0 Å². The summed E-state index contributed by atoms with van der Waals surface area (Å²) in [6, 6.07) is 5.19. The van der Waals surface area contributed by atoms with Crippen LogP contribution >= 0.6 is 0 Å². The van der Waals surface area contributed by atoms with Crippen molar-refractivity contribution in [1.82, 2.24) is 4.90 Å². The standard InChI is InChI=1S/C19H27NO7/c1-13(27-12-15-5-4-6-26-15)19(23)20(11-18(21)22)10-14-7-16(24-2)9-17(8-14)25-3/h7-9,13,15H,4-6,10-12H2,1-3H3,(H,21,22). The smallest absolute Gasteiger partial charge is 0.323 e. The number of carboxylic acid groups (broad SMARTS) is 1. The van der Waals surface area contributed by atoms with E-state index >= 15 is 0 Å². The van der Waals surface area contributed by atoms with Gasteiger partial charge >= 0.3 is 5.97 Å². The van der Waals surface area contributed by atoms with E-state index < -0.39 is 24.5 Å². The molecule has 2 atom stereocenters. The van der Waals surface area contributed by atoms with Crippen LogP contribution in [0.1, 0.15) is 25.3 Å². The summed E-state index contributed by atoms with van der Waals surface area (Å²) >= 11 is 0. The molecule has 1 aromatic carbocycles. The van der Waals surface area contributed by atoms with Crippen molar-refractivity contribution in [3.05, 3.63) is 23.8 Å². The molecule has 1 aromatic rings. The second kappa shape index (κ2) is 10.1. The number of nitrogens with zero attached hydrogens (tertiary/aromatic N) is 1. The summed E-state index contributed by atoms with van der Waals surface area (Å²) in [5, 5.41) is 9.19.